The molecule has 4 heterocycles. The summed E-state index contributed by atoms with van der Waals surface area (Å²) in [5, 5.41) is 3.19. The molecule has 0 bridgehead atoms. The van der Waals surface area contributed by atoms with E-state index in [2.05, 4.69) is 25.1 Å². The van der Waals surface area contributed by atoms with E-state index in [4.69, 9.17) is 9.72 Å². The SMILES string of the molecule is Cc1cc(C)nc(N2CCC(C(=O)N(C)Cc3csc(CN4CCOCC4)n3)CC2)n1. The van der Waals surface area contributed by atoms with Gasteiger partial charge < -0.3 is 14.5 Å². The summed E-state index contributed by atoms with van der Waals surface area (Å²) in [6, 6.07) is 1.99. The van der Waals surface area contributed by atoms with Crippen LogP contribution in [0.4, 0.5) is 5.95 Å². The van der Waals surface area contributed by atoms with Crippen LogP contribution in [0.25, 0.3) is 0 Å². The van der Waals surface area contributed by atoms with Crippen LogP contribution in [0.5, 0.6) is 0 Å². The molecule has 2 aliphatic heterocycles. The Hall–Kier alpha value is -2.10. The van der Waals surface area contributed by atoms with Gasteiger partial charge in [0, 0.05) is 55.9 Å². The maximum Gasteiger partial charge on any atom is 0.225 e. The number of aryl methyl sites for hydroxylation is 2. The molecule has 0 unspecified atom stereocenters. The highest BCUT2D eigenvalue weighted by Crippen LogP contribution is 2.23. The van der Waals surface area contributed by atoms with Crippen LogP contribution >= 0.6 is 11.3 Å². The minimum Gasteiger partial charge on any atom is -0.379 e. The Bertz CT molecular complexity index is 870. The van der Waals surface area contributed by atoms with Crippen LogP contribution in [0.2, 0.25) is 0 Å². The molecule has 0 radical (unpaired) electrons. The van der Waals surface area contributed by atoms with Crippen LogP contribution in [0.3, 0.4) is 0 Å². The lowest BCUT2D eigenvalue weighted by Crippen LogP contribution is -2.41. The second-order valence-electron chi connectivity index (χ2n) is 8.53. The molecule has 31 heavy (non-hydrogen) atoms. The molecular weight excluding hydrogens is 412 g/mol. The molecule has 8 nitrogen and oxygen atoms in total. The zero-order valence-electron chi connectivity index (χ0n) is 18.7. The van der Waals surface area contributed by atoms with Crippen molar-refractivity contribution in [3.8, 4) is 0 Å². The Kier molecular flexibility index (Phi) is 7.14. The van der Waals surface area contributed by atoms with Crippen molar-refractivity contribution in [1.82, 2.24) is 24.8 Å². The number of hydrogen-bond acceptors (Lipinski definition) is 8. The number of carbonyl (C=O) groups is 1. The van der Waals surface area contributed by atoms with E-state index >= 15 is 0 Å². The van der Waals surface area contributed by atoms with Gasteiger partial charge in [0.05, 0.1) is 32.0 Å². The first kappa shape index (κ1) is 22.1. The van der Waals surface area contributed by atoms with E-state index in [0.717, 1.165) is 86.8 Å². The van der Waals surface area contributed by atoms with Crippen molar-refractivity contribution < 1.29 is 9.53 Å². The largest absolute Gasteiger partial charge is 0.379 e. The fraction of sp³-hybridized carbons (Fsp3) is 0.636. The van der Waals surface area contributed by atoms with E-state index in [-0.39, 0.29) is 11.8 Å². The topological polar surface area (TPSA) is 74.7 Å². The number of piperidine rings is 1. The van der Waals surface area contributed by atoms with E-state index in [0.29, 0.717) is 6.54 Å². The molecule has 0 saturated carbocycles. The maximum atomic E-state index is 13.0. The van der Waals surface area contributed by atoms with Crippen LogP contribution in [0.1, 0.15) is 34.9 Å². The zero-order valence-corrected chi connectivity index (χ0v) is 19.5. The number of anilines is 1. The highest BCUT2D eigenvalue weighted by atomic mass is 32.1. The van der Waals surface area contributed by atoms with E-state index < -0.39 is 0 Å². The third-order valence-electron chi connectivity index (χ3n) is 5.93. The van der Waals surface area contributed by atoms with Crippen LogP contribution in [0, 0.1) is 19.8 Å². The first-order valence-corrected chi connectivity index (χ1v) is 11.9. The molecule has 2 aromatic heterocycles. The summed E-state index contributed by atoms with van der Waals surface area (Å²) in [6.07, 6.45) is 1.66. The second-order valence-corrected chi connectivity index (χ2v) is 9.47. The van der Waals surface area contributed by atoms with Crippen molar-refractivity contribution in [1.29, 1.82) is 0 Å². The van der Waals surface area contributed by atoms with E-state index in [9.17, 15) is 4.79 Å². The van der Waals surface area contributed by atoms with Crippen LogP contribution in [0.15, 0.2) is 11.4 Å². The predicted molar refractivity (Wildman–Crippen MR) is 121 cm³/mol. The van der Waals surface area contributed by atoms with Crippen LogP contribution in [-0.2, 0) is 22.6 Å². The predicted octanol–water partition coefficient (Wildman–Crippen LogP) is 2.26. The Balaban J connectivity index is 1.27. The second kappa shape index (κ2) is 10.0. The molecular formula is C22H32N6O2S. The summed E-state index contributed by atoms with van der Waals surface area (Å²) in [6.45, 7) is 10.6. The Morgan fingerprint density at radius 1 is 1.13 bits per heavy atom. The van der Waals surface area contributed by atoms with Gasteiger partial charge in [0.1, 0.15) is 5.01 Å². The molecule has 0 aromatic carbocycles. The van der Waals surface area contributed by atoms with Gasteiger partial charge in [0.15, 0.2) is 0 Å². The number of carbonyl (C=O) groups excluding carboxylic acids is 1. The summed E-state index contributed by atoms with van der Waals surface area (Å²) < 4.78 is 5.41. The first-order chi connectivity index (χ1) is 15.0. The number of ether oxygens (including phenoxy) is 1. The molecule has 2 fully saturated rings. The lowest BCUT2D eigenvalue weighted by Gasteiger charge is -2.33. The quantitative estimate of drug-likeness (QED) is 0.676. The number of rotatable bonds is 6. The van der Waals surface area contributed by atoms with Crippen molar-refractivity contribution in [2.45, 2.75) is 39.8 Å². The zero-order chi connectivity index (χ0) is 21.8. The van der Waals surface area contributed by atoms with Gasteiger partial charge in [-0.05, 0) is 32.8 Å². The molecule has 1 amide bonds. The Morgan fingerprint density at radius 3 is 2.48 bits per heavy atom. The van der Waals surface area contributed by atoms with Crippen molar-refractivity contribution >= 4 is 23.2 Å². The minimum atomic E-state index is 0.0543. The van der Waals surface area contributed by atoms with Gasteiger partial charge in [0.2, 0.25) is 11.9 Å². The normalized spacial score (nSPS) is 18.4. The molecule has 2 saturated heterocycles. The molecule has 0 atom stereocenters. The van der Waals surface area contributed by atoms with Crippen LogP contribution in [-0.4, -0.2) is 77.1 Å². The molecule has 0 N–H and O–H groups in total. The van der Waals surface area contributed by atoms with E-state index in [1.54, 1.807) is 11.3 Å². The summed E-state index contributed by atoms with van der Waals surface area (Å²) in [4.78, 5) is 33.3. The highest BCUT2D eigenvalue weighted by Gasteiger charge is 2.28. The summed E-state index contributed by atoms with van der Waals surface area (Å²) in [5.41, 5.74) is 2.94. The molecule has 9 heteroatoms. The van der Waals surface area contributed by atoms with E-state index in [1.807, 2.05) is 31.9 Å². The number of thiazole rings is 1. The number of nitrogens with zero attached hydrogens (tertiary/aromatic N) is 6. The van der Waals surface area contributed by atoms with Gasteiger partial charge >= 0.3 is 0 Å². The molecule has 2 aromatic rings. The minimum absolute atomic E-state index is 0.0543. The lowest BCUT2D eigenvalue weighted by atomic mass is 9.95. The van der Waals surface area contributed by atoms with Crippen molar-refractivity contribution in [3.05, 3.63) is 33.5 Å². The monoisotopic (exact) mass is 444 g/mol. The fourth-order valence-corrected chi connectivity index (χ4v) is 5.08. The lowest BCUT2D eigenvalue weighted by molar-refractivity contribution is -0.135. The molecule has 0 aliphatic carbocycles. The Morgan fingerprint density at radius 2 is 1.81 bits per heavy atom. The first-order valence-electron chi connectivity index (χ1n) is 11.0. The standard InChI is InChI=1S/C22H32N6O2S/c1-16-12-17(2)24-22(23-16)28-6-4-18(5-7-28)21(29)26(3)13-19-15-31-20(25-19)14-27-8-10-30-11-9-27/h12,15,18H,4-11,13-14H2,1-3H3. The van der Waals surface area contributed by atoms with E-state index in [1.165, 1.54) is 0 Å². The maximum absolute atomic E-state index is 13.0. The fourth-order valence-electron chi connectivity index (χ4n) is 4.25. The van der Waals surface area contributed by atoms with Gasteiger partial charge in [-0.1, -0.05) is 0 Å². The Labute approximate surface area is 188 Å². The molecule has 0 spiro atoms. The average molecular weight is 445 g/mol. The van der Waals surface area contributed by atoms with Gasteiger partial charge in [-0.15, -0.1) is 11.3 Å². The number of hydrogen-bond donors (Lipinski definition) is 0. The molecule has 4 rings (SSSR count). The van der Waals surface area contributed by atoms with Crippen molar-refractivity contribution in [3.63, 3.8) is 0 Å². The number of morpholine rings is 1. The molecule has 2 aliphatic rings. The number of aromatic nitrogens is 3. The molecule has 168 valence electrons. The van der Waals surface area contributed by atoms with Gasteiger partial charge in [-0.2, -0.15) is 0 Å². The van der Waals surface area contributed by atoms with Gasteiger partial charge in [-0.25, -0.2) is 15.0 Å². The van der Waals surface area contributed by atoms with Crippen molar-refractivity contribution in [2.75, 3.05) is 51.3 Å². The summed E-state index contributed by atoms with van der Waals surface area (Å²) in [7, 11) is 1.89. The van der Waals surface area contributed by atoms with Crippen molar-refractivity contribution in [2.24, 2.45) is 5.92 Å². The average Bonchev–Trinajstić information content (AvgIpc) is 3.20. The van der Waals surface area contributed by atoms with Gasteiger partial charge in [-0.3, -0.25) is 9.69 Å². The summed E-state index contributed by atoms with van der Waals surface area (Å²) in [5.74, 6) is 1.05. The number of amides is 1. The van der Waals surface area contributed by atoms with Gasteiger partial charge in [0.25, 0.3) is 0 Å². The third-order valence-corrected chi connectivity index (χ3v) is 6.82. The summed E-state index contributed by atoms with van der Waals surface area (Å²) >= 11 is 1.68. The highest BCUT2D eigenvalue weighted by molar-refractivity contribution is 7.09. The third kappa shape index (κ3) is 5.78. The smallest absolute Gasteiger partial charge is 0.225 e. The van der Waals surface area contributed by atoms with Crippen LogP contribution < -0.4 is 4.90 Å².